The monoisotopic (exact) mass is 1410 g/mol. The van der Waals surface area contributed by atoms with Gasteiger partial charge in [0.2, 0.25) is 0 Å². The van der Waals surface area contributed by atoms with Crippen molar-refractivity contribution in [1.82, 2.24) is 34.9 Å². The van der Waals surface area contributed by atoms with Crippen LogP contribution in [-0.4, -0.2) is 34.9 Å². The molecule has 9 nitrogen and oxygen atoms in total. The minimum atomic E-state index is 0.622. The van der Waals surface area contributed by atoms with E-state index in [2.05, 4.69) is 243 Å². The first-order valence-corrected chi connectivity index (χ1v) is 36.7. The van der Waals surface area contributed by atoms with E-state index in [4.69, 9.17) is 43.7 Å². The summed E-state index contributed by atoms with van der Waals surface area (Å²) in [6.45, 7) is 0. The number of rotatable bonds is 14. The highest BCUT2D eigenvalue weighted by molar-refractivity contribution is 6.20. The lowest BCUT2D eigenvalue weighted by Gasteiger charge is -2.11. The highest BCUT2D eigenvalue weighted by Gasteiger charge is 2.27. The Labute approximate surface area is 635 Å². The van der Waals surface area contributed by atoms with Gasteiger partial charge >= 0.3 is 0 Å². The van der Waals surface area contributed by atoms with Crippen molar-refractivity contribution in [3.8, 4) is 158 Å². The second kappa shape index (κ2) is 29.2. The zero-order valence-electron chi connectivity index (χ0n) is 59.5. The summed E-state index contributed by atoms with van der Waals surface area (Å²) in [5, 5.41) is 4.16. The first kappa shape index (κ1) is 65.8. The number of hydrogen-bond acceptors (Lipinski definition) is 9. The number of fused-ring (bicyclic) bond motifs is 6. The molecule has 20 aromatic rings. The summed E-state index contributed by atoms with van der Waals surface area (Å²) >= 11 is 0. The molecule has 0 bridgehead atoms. The Balaban J connectivity index is 0.000000149. The number of benzene rings is 14. The Morgan fingerprint density at radius 3 is 0.755 bits per heavy atom. The van der Waals surface area contributed by atoms with Crippen LogP contribution < -0.4 is 0 Å². The van der Waals surface area contributed by atoms with Gasteiger partial charge in [0.15, 0.2) is 34.5 Å². The SMILES string of the molecule is c1ccc(-c2cc(-c3ccc(-c4ccc5nc(-c6ccccc6)c6oc(-c7ccccc7)c(-c7ccccc7)c6c5c4)cc3)nc(-c3ccccc3)n2)cc1.c1ccc(-c2nc(-c3ccccc3)nc(-c3ccc(-c4ccc5nc(-c6ccccc6)c6oc(-c7ccccc7)c(-c7ccccc7)c6c5c4)cc3)n2)cc1. The zero-order chi connectivity index (χ0) is 73.1. The van der Waals surface area contributed by atoms with E-state index in [0.717, 1.165) is 178 Å². The fourth-order valence-electron chi connectivity index (χ4n) is 14.7. The summed E-state index contributed by atoms with van der Waals surface area (Å²) in [6.07, 6.45) is 0. The van der Waals surface area contributed by atoms with E-state index in [1.54, 1.807) is 0 Å². The molecular weight excluding hydrogens is 1340 g/mol. The van der Waals surface area contributed by atoms with Gasteiger partial charge in [-0.25, -0.2) is 34.9 Å². The smallest absolute Gasteiger partial charge is 0.164 e. The first-order chi connectivity index (χ1) is 54.5. The largest absolute Gasteiger partial charge is 0.453 e. The van der Waals surface area contributed by atoms with E-state index in [9.17, 15) is 0 Å². The lowest BCUT2D eigenvalue weighted by atomic mass is 9.94. The molecule has 0 radical (unpaired) electrons. The Morgan fingerprint density at radius 1 is 0.173 bits per heavy atom. The highest BCUT2D eigenvalue weighted by atomic mass is 16.3. The topological polar surface area (TPSA) is 117 Å². The summed E-state index contributed by atoms with van der Waals surface area (Å²) in [5.41, 5.74) is 25.3. The van der Waals surface area contributed by atoms with Crippen LogP contribution in [0.3, 0.4) is 0 Å². The fraction of sp³-hybridized carbons (Fsp3) is 0. The van der Waals surface area contributed by atoms with Crippen LogP contribution in [0.25, 0.3) is 201 Å². The molecule has 0 N–H and O–H groups in total. The van der Waals surface area contributed by atoms with E-state index >= 15 is 0 Å². The van der Waals surface area contributed by atoms with Gasteiger partial charge in [-0.2, -0.15) is 0 Å². The summed E-state index contributed by atoms with van der Waals surface area (Å²) in [7, 11) is 0. The normalized spacial score (nSPS) is 11.3. The third-order valence-electron chi connectivity index (χ3n) is 20.1. The van der Waals surface area contributed by atoms with Crippen LogP contribution in [0.4, 0.5) is 0 Å². The number of aromatic nitrogens is 7. The van der Waals surface area contributed by atoms with Crippen molar-refractivity contribution in [1.29, 1.82) is 0 Å². The van der Waals surface area contributed by atoms with Crippen molar-refractivity contribution < 1.29 is 8.83 Å². The quantitative estimate of drug-likeness (QED) is 0.105. The van der Waals surface area contributed by atoms with Gasteiger partial charge in [-0.05, 0) is 63.7 Å². The van der Waals surface area contributed by atoms with E-state index in [-0.39, 0.29) is 0 Å². The summed E-state index contributed by atoms with van der Waals surface area (Å²) in [5.74, 6) is 4.25. The molecule has 0 fully saturated rings. The molecule has 0 aliphatic heterocycles. The van der Waals surface area contributed by atoms with Crippen molar-refractivity contribution in [2.24, 2.45) is 0 Å². The maximum absolute atomic E-state index is 6.95. The number of hydrogen-bond donors (Lipinski definition) is 0. The summed E-state index contributed by atoms with van der Waals surface area (Å²) in [6, 6.07) is 135. The first-order valence-electron chi connectivity index (χ1n) is 36.7. The fourth-order valence-corrected chi connectivity index (χ4v) is 14.7. The molecule has 0 aliphatic rings. The molecule has 9 heteroatoms. The Morgan fingerprint density at radius 2 is 0.418 bits per heavy atom. The minimum Gasteiger partial charge on any atom is -0.453 e. The molecule has 0 saturated heterocycles. The third-order valence-corrected chi connectivity index (χ3v) is 20.1. The lowest BCUT2D eigenvalue weighted by Crippen LogP contribution is -2.00. The van der Waals surface area contributed by atoms with Crippen LogP contribution in [0.15, 0.2) is 403 Å². The lowest BCUT2D eigenvalue weighted by molar-refractivity contribution is 0.632. The molecule has 110 heavy (non-hydrogen) atoms. The van der Waals surface area contributed by atoms with Gasteiger partial charge in [-0.1, -0.05) is 364 Å². The van der Waals surface area contributed by atoms with Gasteiger partial charge in [-0.3, -0.25) is 0 Å². The molecule has 0 saturated carbocycles. The molecule has 516 valence electrons. The number of furan rings is 2. The van der Waals surface area contributed by atoms with Crippen molar-refractivity contribution in [2.45, 2.75) is 0 Å². The Hall–Kier alpha value is -14.9. The second-order valence-electron chi connectivity index (χ2n) is 27.0. The molecule has 14 aromatic carbocycles. The van der Waals surface area contributed by atoms with Gasteiger partial charge in [-0.15, -0.1) is 0 Å². The van der Waals surface area contributed by atoms with Crippen LogP contribution in [0.5, 0.6) is 0 Å². The Kier molecular flexibility index (Phi) is 17.5. The van der Waals surface area contributed by atoms with Gasteiger partial charge in [0, 0.05) is 88.3 Å². The van der Waals surface area contributed by atoms with E-state index in [1.807, 2.05) is 152 Å². The van der Waals surface area contributed by atoms with Crippen LogP contribution in [0.1, 0.15) is 0 Å². The third kappa shape index (κ3) is 12.9. The van der Waals surface area contributed by atoms with Crippen LogP contribution in [0.2, 0.25) is 0 Å². The van der Waals surface area contributed by atoms with Crippen molar-refractivity contribution >= 4 is 43.7 Å². The molecule has 0 aliphatic carbocycles. The van der Waals surface area contributed by atoms with Crippen LogP contribution >= 0.6 is 0 Å². The van der Waals surface area contributed by atoms with Gasteiger partial charge in [0.25, 0.3) is 0 Å². The Bertz CT molecular complexity index is 6150. The van der Waals surface area contributed by atoms with Crippen molar-refractivity contribution in [3.05, 3.63) is 394 Å². The number of nitrogens with zero attached hydrogens (tertiary/aromatic N) is 7. The molecule has 0 spiro atoms. The van der Waals surface area contributed by atoms with Crippen LogP contribution in [0, 0.1) is 0 Å². The molecule has 0 unspecified atom stereocenters. The standard InChI is InChI=1S/C51H33N3O.C50H32N4O/c1-6-16-35(17-7-1)44-33-45(54-51(53-44)40-24-14-5-15-25-40)36-28-26-34(27-29-36)41-30-31-43-42(32-41)47-46(37-18-8-2-9-19-37)49(39-22-12-4-13-23-39)55-50(47)48(52-43)38-20-10-3-11-21-38;1-6-16-34(17-7-1)43-44-41-32-40(30-31-42(41)51-45(35-18-8-2-9-19-35)47(44)55-46(43)36-20-10-3-11-21-36)33-26-28-39(29-27-33)50-53-48(37-22-12-4-13-23-37)52-49(54-50)38-24-14-5-15-25-38/h1-33H;1-32H. The maximum Gasteiger partial charge on any atom is 0.164 e. The second-order valence-corrected chi connectivity index (χ2v) is 27.0. The zero-order valence-corrected chi connectivity index (χ0v) is 59.5. The van der Waals surface area contributed by atoms with E-state index < -0.39 is 0 Å². The predicted molar refractivity (Wildman–Crippen MR) is 448 cm³/mol. The summed E-state index contributed by atoms with van der Waals surface area (Å²) < 4.78 is 13.9. The maximum atomic E-state index is 6.95. The molecule has 6 aromatic heterocycles. The molecule has 20 rings (SSSR count). The van der Waals surface area contributed by atoms with Gasteiger partial charge < -0.3 is 8.83 Å². The minimum absolute atomic E-state index is 0.622. The predicted octanol–water partition coefficient (Wildman–Crippen LogP) is 26.3. The van der Waals surface area contributed by atoms with Gasteiger partial charge in [0.05, 0.1) is 22.4 Å². The molecule has 6 heterocycles. The van der Waals surface area contributed by atoms with Crippen molar-refractivity contribution in [2.75, 3.05) is 0 Å². The van der Waals surface area contributed by atoms with E-state index in [1.165, 1.54) is 0 Å². The van der Waals surface area contributed by atoms with E-state index in [0.29, 0.717) is 23.3 Å². The van der Waals surface area contributed by atoms with Crippen molar-refractivity contribution in [3.63, 3.8) is 0 Å². The highest BCUT2D eigenvalue weighted by Crippen LogP contribution is 2.50. The molecule has 0 amide bonds. The average molecular weight is 1410 g/mol. The summed E-state index contributed by atoms with van der Waals surface area (Å²) in [4.78, 5) is 35.3. The van der Waals surface area contributed by atoms with Crippen LogP contribution in [-0.2, 0) is 0 Å². The van der Waals surface area contributed by atoms with Gasteiger partial charge in [0.1, 0.15) is 22.9 Å². The number of pyridine rings is 2. The molecular formula is C101H65N7O2. The average Bonchev–Trinajstić information content (AvgIpc) is 1.64. The molecule has 0 atom stereocenters.